The minimum atomic E-state index is -4.49. The number of alkyl halides is 3. The molecule has 0 aliphatic carbocycles. The number of aromatic nitrogens is 2. The van der Waals surface area contributed by atoms with Crippen molar-refractivity contribution in [3.8, 4) is 0 Å². The number of nitrogens with one attached hydrogen (secondary N) is 1. The van der Waals surface area contributed by atoms with E-state index in [0.29, 0.717) is 5.89 Å². The number of hydrogen-bond donors (Lipinski definition) is 1. The van der Waals surface area contributed by atoms with Crippen molar-refractivity contribution in [2.24, 2.45) is 0 Å². The fourth-order valence-electron chi connectivity index (χ4n) is 1.49. The average molecular weight is 292 g/mol. The molecule has 19 heavy (non-hydrogen) atoms. The van der Waals surface area contributed by atoms with Crippen LogP contribution in [0.4, 0.5) is 18.9 Å². The highest BCUT2D eigenvalue weighted by atomic mass is 35.5. The van der Waals surface area contributed by atoms with Crippen LogP contribution in [0.25, 0.3) is 0 Å². The minimum Gasteiger partial charge on any atom is -0.377 e. The Labute approximate surface area is 111 Å². The van der Waals surface area contributed by atoms with Gasteiger partial charge in [0.2, 0.25) is 5.89 Å². The van der Waals surface area contributed by atoms with E-state index in [4.69, 9.17) is 16.1 Å². The van der Waals surface area contributed by atoms with Crippen molar-refractivity contribution in [2.45, 2.75) is 19.6 Å². The van der Waals surface area contributed by atoms with Gasteiger partial charge in [0.15, 0.2) is 5.82 Å². The van der Waals surface area contributed by atoms with Gasteiger partial charge in [-0.05, 0) is 18.2 Å². The monoisotopic (exact) mass is 291 g/mol. The normalized spacial score (nSPS) is 11.6. The highest BCUT2D eigenvalue weighted by Crippen LogP contribution is 2.36. The van der Waals surface area contributed by atoms with Crippen LogP contribution in [0.2, 0.25) is 5.02 Å². The lowest BCUT2D eigenvalue weighted by molar-refractivity contribution is -0.136. The van der Waals surface area contributed by atoms with Crippen LogP contribution in [0.5, 0.6) is 0 Å². The average Bonchev–Trinajstić information content (AvgIpc) is 2.72. The van der Waals surface area contributed by atoms with Gasteiger partial charge >= 0.3 is 6.18 Å². The molecule has 1 heterocycles. The molecule has 0 radical (unpaired) electrons. The van der Waals surface area contributed by atoms with Crippen molar-refractivity contribution < 1.29 is 17.7 Å². The quantitative estimate of drug-likeness (QED) is 0.937. The van der Waals surface area contributed by atoms with Crippen molar-refractivity contribution in [3.63, 3.8) is 0 Å². The Hall–Kier alpha value is -1.76. The molecular weight excluding hydrogens is 283 g/mol. The first kappa shape index (κ1) is 13.7. The first-order valence-corrected chi connectivity index (χ1v) is 5.64. The third-order valence-corrected chi connectivity index (χ3v) is 2.53. The largest absolute Gasteiger partial charge is 0.418 e. The lowest BCUT2D eigenvalue weighted by Crippen LogP contribution is -2.11. The summed E-state index contributed by atoms with van der Waals surface area (Å²) in [6.07, 6.45) is -4.49. The maximum Gasteiger partial charge on any atom is 0.418 e. The van der Waals surface area contributed by atoms with Gasteiger partial charge in [-0.3, -0.25) is 0 Å². The SMILES string of the molecule is Cc1nc(CNc2ccc(Cl)cc2C(F)(F)F)no1. The highest BCUT2D eigenvalue weighted by Gasteiger charge is 2.33. The summed E-state index contributed by atoms with van der Waals surface area (Å²) in [5, 5.41) is 6.22. The minimum absolute atomic E-state index is 0.0216. The van der Waals surface area contributed by atoms with Crippen LogP contribution >= 0.6 is 11.6 Å². The van der Waals surface area contributed by atoms with E-state index in [1.165, 1.54) is 12.1 Å². The van der Waals surface area contributed by atoms with E-state index in [-0.39, 0.29) is 23.1 Å². The van der Waals surface area contributed by atoms with Crippen LogP contribution in [0.3, 0.4) is 0 Å². The van der Waals surface area contributed by atoms with Gasteiger partial charge in [0, 0.05) is 17.6 Å². The number of hydrogen-bond acceptors (Lipinski definition) is 4. The number of anilines is 1. The zero-order valence-electron chi connectivity index (χ0n) is 9.75. The van der Waals surface area contributed by atoms with Crippen molar-refractivity contribution >= 4 is 17.3 Å². The van der Waals surface area contributed by atoms with E-state index in [0.717, 1.165) is 6.07 Å². The van der Waals surface area contributed by atoms with E-state index < -0.39 is 11.7 Å². The Kier molecular flexibility index (Phi) is 3.66. The third kappa shape index (κ3) is 3.37. The Bertz CT molecular complexity index is 583. The second kappa shape index (κ2) is 5.08. The topological polar surface area (TPSA) is 51.0 Å². The molecule has 0 saturated carbocycles. The lowest BCUT2D eigenvalue weighted by Gasteiger charge is -2.13. The van der Waals surface area contributed by atoms with E-state index in [1.54, 1.807) is 6.92 Å². The van der Waals surface area contributed by atoms with Gasteiger partial charge < -0.3 is 9.84 Å². The van der Waals surface area contributed by atoms with Gasteiger partial charge in [0.1, 0.15) is 0 Å². The lowest BCUT2D eigenvalue weighted by atomic mass is 10.1. The fourth-order valence-corrected chi connectivity index (χ4v) is 1.66. The molecule has 0 unspecified atom stereocenters. The summed E-state index contributed by atoms with van der Waals surface area (Å²) in [4.78, 5) is 3.89. The summed E-state index contributed by atoms with van der Waals surface area (Å²) >= 11 is 5.58. The van der Waals surface area contributed by atoms with Gasteiger partial charge in [-0.1, -0.05) is 16.8 Å². The summed E-state index contributed by atoms with van der Waals surface area (Å²) in [6, 6.07) is 3.50. The smallest absolute Gasteiger partial charge is 0.377 e. The summed E-state index contributed by atoms with van der Waals surface area (Å²) < 4.78 is 43.2. The number of benzene rings is 1. The first-order valence-electron chi connectivity index (χ1n) is 5.26. The summed E-state index contributed by atoms with van der Waals surface area (Å²) in [5.74, 6) is 0.629. The highest BCUT2D eigenvalue weighted by molar-refractivity contribution is 6.30. The van der Waals surface area contributed by atoms with Crippen LogP contribution in [0.1, 0.15) is 17.3 Å². The fraction of sp³-hybridized carbons (Fsp3) is 0.273. The van der Waals surface area contributed by atoms with Gasteiger partial charge in [-0.2, -0.15) is 18.2 Å². The second-order valence-corrected chi connectivity index (χ2v) is 4.21. The Morgan fingerprint density at radius 3 is 2.68 bits per heavy atom. The van der Waals surface area contributed by atoms with Gasteiger partial charge in [-0.25, -0.2) is 0 Å². The van der Waals surface area contributed by atoms with Gasteiger partial charge in [0.05, 0.1) is 12.1 Å². The summed E-state index contributed by atoms with van der Waals surface area (Å²) in [6.45, 7) is 1.63. The molecule has 0 spiro atoms. The van der Waals surface area contributed by atoms with E-state index in [9.17, 15) is 13.2 Å². The molecule has 0 atom stereocenters. The Morgan fingerprint density at radius 1 is 1.37 bits per heavy atom. The van der Waals surface area contributed by atoms with E-state index >= 15 is 0 Å². The molecular formula is C11H9ClF3N3O. The number of halogens is 4. The molecule has 2 rings (SSSR count). The molecule has 0 bridgehead atoms. The Morgan fingerprint density at radius 2 is 2.11 bits per heavy atom. The number of nitrogens with zero attached hydrogens (tertiary/aromatic N) is 2. The second-order valence-electron chi connectivity index (χ2n) is 3.77. The molecule has 1 aromatic heterocycles. The van der Waals surface area contributed by atoms with E-state index in [1.807, 2.05) is 0 Å². The van der Waals surface area contributed by atoms with Crippen LogP contribution in [-0.4, -0.2) is 10.1 Å². The molecule has 0 amide bonds. The Balaban J connectivity index is 2.20. The molecule has 4 nitrogen and oxygen atoms in total. The summed E-state index contributed by atoms with van der Waals surface area (Å²) in [5.41, 5.74) is -0.917. The third-order valence-electron chi connectivity index (χ3n) is 2.29. The molecule has 0 aliphatic rings. The molecule has 0 fully saturated rings. The van der Waals surface area contributed by atoms with Gasteiger partial charge in [0.25, 0.3) is 0 Å². The van der Waals surface area contributed by atoms with Crippen molar-refractivity contribution in [1.82, 2.24) is 10.1 Å². The molecule has 102 valence electrons. The maximum atomic E-state index is 12.8. The molecule has 1 N–H and O–H groups in total. The van der Waals surface area contributed by atoms with Crippen molar-refractivity contribution in [3.05, 3.63) is 40.5 Å². The van der Waals surface area contributed by atoms with Crippen LogP contribution < -0.4 is 5.32 Å². The number of rotatable bonds is 3. The maximum absolute atomic E-state index is 12.8. The standard InChI is InChI=1S/C11H9ClF3N3O/c1-6-17-10(18-19-6)5-16-9-3-2-7(12)4-8(9)11(13,14)15/h2-4,16H,5H2,1H3. The zero-order valence-corrected chi connectivity index (χ0v) is 10.5. The van der Waals surface area contributed by atoms with E-state index in [2.05, 4.69) is 15.5 Å². The summed E-state index contributed by atoms with van der Waals surface area (Å²) in [7, 11) is 0. The predicted octanol–water partition coefficient (Wildman–Crippen LogP) is 3.66. The number of aryl methyl sites for hydroxylation is 1. The first-order chi connectivity index (χ1) is 8.86. The molecule has 1 aromatic carbocycles. The molecule has 2 aromatic rings. The van der Waals surface area contributed by atoms with Crippen LogP contribution in [0, 0.1) is 6.92 Å². The molecule has 0 aliphatic heterocycles. The zero-order chi connectivity index (χ0) is 14.0. The molecule has 8 heteroatoms. The van der Waals surface area contributed by atoms with Crippen LogP contribution in [0.15, 0.2) is 22.7 Å². The molecule has 0 saturated heterocycles. The predicted molar refractivity (Wildman–Crippen MR) is 62.8 cm³/mol. The van der Waals surface area contributed by atoms with Gasteiger partial charge in [-0.15, -0.1) is 0 Å². The van der Waals surface area contributed by atoms with Crippen molar-refractivity contribution in [1.29, 1.82) is 0 Å². The van der Waals surface area contributed by atoms with Crippen LogP contribution in [-0.2, 0) is 12.7 Å². The van der Waals surface area contributed by atoms with Crippen molar-refractivity contribution in [2.75, 3.05) is 5.32 Å².